The summed E-state index contributed by atoms with van der Waals surface area (Å²) in [5.74, 6) is -0.540. The van der Waals surface area contributed by atoms with E-state index in [0.29, 0.717) is 36.6 Å². The third-order valence-corrected chi connectivity index (χ3v) is 5.58. The van der Waals surface area contributed by atoms with Crippen LogP contribution in [0.25, 0.3) is 5.57 Å². The van der Waals surface area contributed by atoms with E-state index < -0.39 is 0 Å². The summed E-state index contributed by atoms with van der Waals surface area (Å²) in [5.41, 5.74) is 3.22. The number of aryl methyl sites for hydroxylation is 1. The molecule has 0 spiro atoms. The molecule has 0 radical (unpaired) electrons. The molecule has 150 valence electrons. The molecule has 1 fully saturated rings. The van der Waals surface area contributed by atoms with Gasteiger partial charge in [0.2, 0.25) is 0 Å². The van der Waals surface area contributed by atoms with Crippen LogP contribution in [0.3, 0.4) is 0 Å². The van der Waals surface area contributed by atoms with Gasteiger partial charge in [-0.05, 0) is 24.1 Å². The molecule has 2 aromatic rings. The van der Waals surface area contributed by atoms with Gasteiger partial charge >= 0.3 is 0 Å². The van der Waals surface area contributed by atoms with Gasteiger partial charge in [-0.1, -0.05) is 48.5 Å². The van der Waals surface area contributed by atoms with Crippen molar-refractivity contribution >= 4 is 23.1 Å². The number of rotatable bonds is 5. The third kappa shape index (κ3) is 3.57. The molecular formula is C23H25N3O3. The average molecular weight is 391 g/mol. The number of imide groups is 1. The minimum atomic E-state index is -0.275. The van der Waals surface area contributed by atoms with E-state index in [4.69, 9.17) is 0 Å². The van der Waals surface area contributed by atoms with E-state index in [1.807, 2.05) is 66.4 Å². The Morgan fingerprint density at radius 3 is 2.17 bits per heavy atom. The number of benzene rings is 2. The Labute approximate surface area is 170 Å². The van der Waals surface area contributed by atoms with E-state index >= 15 is 0 Å². The largest absolute Gasteiger partial charge is 0.395 e. The fraction of sp³-hybridized carbons (Fsp3) is 0.304. The molecule has 1 N–H and O–H groups in total. The lowest BCUT2D eigenvalue weighted by Gasteiger charge is -2.36. The van der Waals surface area contributed by atoms with Gasteiger partial charge in [-0.25, -0.2) is 4.90 Å². The second-order valence-electron chi connectivity index (χ2n) is 7.37. The number of aliphatic hydroxyl groups is 1. The molecule has 2 heterocycles. The highest BCUT2D eigenvalue weighted by molar-refractivity contribution is 6.45. The molecule has 0 bridgehead atoms. The van der Waals surface area contributed by atoms with Gasteiger partial charge in [-0.3, -0.25) is 14.5 Å². The average Bonchev–Trinajstić information content (AvgIpc) is 3.00. The first-order valence-corrected chi connectivity index (χ1v) is 9.94. The topological polar surface area (TPSA) is 64.1 Å². The molecule has 2 aliphatic rings. The Morgan fingerprint density at radius 2 is 1.52 bits per heavy atom. The van der Waals surface area contributed by atoms with E-state index in [1.54, 1.807) is 0 Å². The lowest BCUT2D eigenvalue weighted by molar-refractivity contribution is -0.120. The first kappa shape index (κ1) is 19.4. The molecular weight excluding hydrogens is 366 g/mol. The van der Waals surface area contributed by atoms with Crippen LogP contribution in [0.4, 0.5) is 5.69 Å². The number of nitrogens with zero attached hydrogens (tertiary/aromatic N) is 3. The van der Waals surface area contributed by atoms with Gasteiger partial charge in [0.15, 0.2) is 0 Å². The third-order valence-electron chi connectivity index (χ3n) is 5.58. The van der Waals surface area contributed by atoms with Gasteiger partial charge in [0.05, 0.1) is 17.9 Å². The number of piperazine rings is 1. The maximum absolute atomic E-state index is 13.5. The summed E-state index contributed by atoms with van der Waals surface area (Å²) >= 11 is 0. The predicted octanol–water partition coefficient (Wildman–Crippen LogP) is 1.89. The fourth-order valence-corrected chi connectivity index (χ4v) is 4.05. The molecule has 29 heavy (non-hydrogen) atoms. The highest BCUT2D eigenvalue weighted by atomic mass is 16.3. The molecule has 0 aliphatic carbocycles. The maximum Gasteiger partial charge on any atom is 0.282 e. The molecule has 0 unspecified atom stereocenters. The van der Waals surface area contributed by atoms with Crippen LogP contribution in [0.15, 0.2) is 60.3 Å². The zero-order valence-electron chi connectivity index (χ0n) is 16.5. The van der Waals surface area contributed by atoms with Crippen molar-refractivity contribution in [1.29, 1.82) is 0 Å². The van der Waals surface area contributed by atoms with Crippen molar-refractivity contribution in [3.05, 3.63) is 71.4 Å². The number of carbonyl (C=O) groups excluding carboxylic acids is 2. The Kier molecular flexibility index (Phi) is 5.47. The molecule has 6 heteroatoms. The van der Waals surface area contributed by atoms with Crippen LogP contribution >= 0.6 is 0 Å². The number of para-hydroxylation sites is 1. The second-order valence-corrected chi connectivity index (χ2v) is 7.37. The summed E-state index contributed by atoms with van der Waals surface area (Å²) in [6, 6.07) is 16.9. The van der Waals surface area contributed by atoms with Crippen molar-refractivity contribution in [2.45, 2.75) is 6.92 Å². The first-order chi connectivity index (χ1) is 14.1. The van der Waals surface area contributed by atoms with Gasteiger partial charge < -0.3 is 10.0 Å². The van der Waals surface area contributed by atoms with Gasteiger partial charge in [0.25, 0.3) is 11.8 Å². The molecule has 0 aromatic heterocycles. The number of hydrogen-bond acceptors (Lipinski definition) is 5. The predicted molar refractivity (Wildman–Crippen MR) is 112 cm³/mol. The monoisotopic (exact) mass is 391 g/mol. The standard InChI is InChI=1S/C23H25N3O3/c1-17-7-5-6-10-19(17)26-22(28)20(18-8-3-2-4-9-18)21(23(26)29)25-13-11-24(12-14-25)15-16-27/h2-10,27H,11-16H2,1H3. The number of β-amino-alcohol motifs (C(OH)–C–C–N with tert-alkyl or cyclic N) is 1. The Morgan fingerprint density at radius 1 is 0.862 bits per heavy atom. The summed E-state index contributed by atoms with van der Waals surface area (Å²) in [6.45, 7) is 5.44. The molecule has 2 aromatic carbocycles. The van der Waals surface area contributed by atoms with Crippen LogP contribution in [0.5, 0.6) is 0 Å². The van der Waals surface area contributed by atoms with Crippen molar-refractivity contribution in [3.63, 3.8) is 0 Å². The molecule has 1 saturated heterocycles. The molecule has 2 aliphatic heterocycles. The van der Waals surface area contributed by atoms with E-state index in [2.05, 4.69) is 4.90 Å². The zero-order valence-corrected chi connectivity index (χ0v) is 16.5. The SMILES string of the molecule is Cc1ccccc1N1C(=O)C(c2ccccc2)=C(N2CCN(CCO)CC2)C1=O. The Hall–Kier alpha value is -2.96. The minimum Gasteiger partial charge on any atom is -0.395 e. The minimum absolute atomic E-state index is 0.121. The summed E-state index contributed by atoms with van der Waals surface area (Å²) in [6.07, 6.45) is 0. The normalized spacial score (nSPS) is 18.1. The lowest BCUT2D eigenvalue weighted by atomic mass is 10.0. The smallest absolute Gasteiger partial charge is 0.282 e. The van der Waals surface area contributed by atoms with E-state index in [-0.39, 0.29) is 18.4 Å². The summed E-state index contributed by atoms with van der Waals surface area (Å²) in [5, 5.41) is 9.18. The van der Waals surface area contributed by atoms with Crippen LogP contribution in [0.1, 0.15) is 11.1 Å². The van der Waals surface area contributed by atoms with Crippen molar-refractivity contribution in [3.8, 4) is 0 Å². The van der Waals surface area contributed by atoms with Crippen molar-refractivity contribution in [2.75, 3.05) is 44.2 Å². The Balaban J connectivity index is 1.74. The van der Waals surface area contributed by atoms with Crippen LogP contribution < -0.4 is 4.90 Å². The van der Waals surface area contributed by atoms with Crippen LogP contribution in [0, 0.1) is 6.92 Å². The van der Waals surface area contributed by atoms with Crippen molar-refractivity contribution < 1.29 is 14.7 Å². The molecule has 0 saturated carbocycles. The second kappa shape index (κ2) is 8.19. The molecule has 2 amide bonds. The van der Waals surface area contributed by atoms with Crippen molar-refractivity contribution in [1.82, 2.24) is 9.80 Å². The maximum atomic E-state index is 13.5. The summed E-state index contributed by atoms with van der Waals surface area (Å²) < 4.78 is 0. The van der Waals surface area contributed by atoms with Crippen LogP contribution in [-0.4, -0.2) is 66.1 Å². The lowest BCUT2D eigenvalue weighted by Crippen LogP contribution is -2.48. The number of anilines is 1. The zero-order chi connectivity index (χ0) is 20.4. The van der Waals surface area contributed by atoms with Crippen LogP contribution in [-0.2, 0) is 9.59 Å². The summed E-state index contributed by atoms with van der Waals surface area (Å²) in [4.78, 5) is 32.5. The van der Waals surface area contributed by atoms with Gasteiger partial charge in [0, 0.05) is 32.7 Å². The molecule has 6 nitrogen and oxygen atoms in total. The number of aliphatic hydroxyl groups excluding tert-OH is 1. The highest BCUT2D eigenvalue weighted by Crippen LogP contribution is 2.36. The van der Waals surface area contributed by atoms with Crippen molar-refractivity contribution in [2.24, 2.45) is 0 Å². The van der Waals surface area contributed by atoms with E-state index in [1.165, 1.54) is 4.90 Å². The number of carbonyl (C=O) groups is 2. The van der Waals surface area contributed by atoms with Gasteiger partial charge in [-0.15, -0.1) is 0 Å². The number of amides is 2. The molecule has 0 atom stereocenters. The van der Waals surface area contributed by atoms with Gasteiger partial charge in [0.1, 0.15) is 5.70 Å². The summed E-state index contributed by atoms with van der Waals surface area (Å²) in [7, 11) is 0. The van der Waals surface area contributed by atoms with E-state index in [9.17, 15) is 14.7 Å². The Bertz CT molecular complexity index is 947. The first-order valence-electron chi connectivity index (χ1n) is 9.94. The van der Waals surface area contributed by atoms with E-state index in [0.717, 1.165) is 24.2 Å². The highest BCUT2D eigenvalue weighted by Gasteiger charge is 2.43. The number of hydrogen-bond donors (Lipinski definition) is 1. The van der Waals surface area contributed by atoms with Gasteiger partial charge in [-0.2, -0.15) is 0 Å². The van der Waals surface area contributed by atoms with Crippen LogP contribution in [0.2, 0.25) is 0 Å². The fourth-order valence-electron chi connectivity index (χ4n) is 4.05. The molecule has 4 rings (SSSR count). The quantitative estimate of drug-likeness (QED) is 0.789.